The minimum atomic E-state index is 0.182. The third-order valence-electron chi connectivity index (χ3n) is 9.62. The maximum absolute atomic E-state index is 6.44. The highest BCUT2D eigenvalue weighted by atomic mass is 16.5. The quantitative estimate of drug-likeness (QED) is 0.216. The number of hydrogen-bond acceptors (Lipinski definition) is 3. The van der Waals surface area contributed by atoms with Gasteiger partial charge in [0.2, 0.25) is 0 Å². The molecule has 2 atom stereocenters. The lowest BCUT2D eigenvalue weighted by Crippen LogP contribution is -2.44. The van der Waals surface area contributed by atoms with Gasteiger partial charge in [0, 0.05) is 22.9 Å². The van der Waals surface area contributed by atoms with Crippen molar-refractivity contribution in [1.29, 1.82) is 0 Å². The summed E-state index contributed by atoms with van der Waals surface area (Å²) < 4.78 is 6.44. The number of benzene rings is 5. The van der Waals surface area contributed by atoms with Crippen LogP contribution in [0.5, 0.6) is 11.5 Å². The molecule has 42 heavy (non-hydrogen) atoms. The highest BCUT2D eigenvalue weighted by molar-refractivity contribution is 6.73. The minimum Gasteiger partial charge on any atom is -0.453 e. The fraction of sp³-hybridized carbons (Fsp3) is 0.105. The summed E-state index contributed by atoms with van der Waals surface area (Å²) in [5.74, 6) is 2.10. The average molecular weight is 537 g/mol. The van der Waals surface area contributed by atoms with E-state index in [0.717, 1.165) is 35.7 Å². The summed E-state index contributed by atoms with van der Waals surface area (Å²) in [7, 11) is 2.39. The van der Waals surface area contributed by atoms with Crippen LogP contribution < -0.4 is 25.9 Å². The summed E-state index contributed by atoms with van der Waals surface area (Å²) in [6.45, 7) is 0. The van der Waals surface area contributed by atoms with Crippen LogP contribution in [-0.2, 0) is 6.42 Å². The Hall–Kier alpha value is -4.96. The summed E-state index contributed by atoms with van der Waals surface area (Å²) in [5, 5.41) is 6.54. The van der Waals surface area contributed by atoms with Gasteiger partial charge in [-0.2, -0.15) is 0 Å². The maximum atomic E-state index is 6.44. The van der Waals surface area contributed by atoms with E-state index in [2.05, 4.69) is 133 Å². The van der Waals surface area contributed by atoms with Gasteiger partial charge in [0.1, 0.15) is 0 Å². The van der Waals surface area contributed by atoms with E-state index in [1.165, 1.54) is 60.9 Å². The molecule has 5 aliphatic rings. The molecule has 2 unspecified atom stereocenters. The van der Waals surface area contributed by atoms with Crippen molar-refractivity contribution in [1.82, 2.24) is 0 Å². The molecule has 3 aliphatic heterocycles. The van der Waals surface area contributed by atoms with Crippen LogP contribution in [0.1, 0.15) is 34.6 Å². The number of anilines is 4. The van der Waals surface area contributed by atoms with Crippen LogP contribution in [0, 0.1) is 0 Å². The zero-order valence-electron chi connectivity index (χ0n) is 23.0. The average Bonchev–Trinajstić information content (AvgIpc) is 3.40. The monoisotopic (exact) mass is 537 g/mol. The molecule has 1 N–H and O–H groups in total. The number of allylic oxidation sites excluding steroid dienone is 3. The maximum Gasteiger partial charge on any atom is 0.198 e. The van der Waals surface area contributed by atoms with Gasteiger partial charge >= 0.3 is 0 Å². The standard InChI is InChI=1S/C38H26BN2O/c1-2-10-23-21-31-28(19-22(23)9-1)26-13-7-14-27(36(26)40-31)29-20-24-11-3-4-12-25(24)37-35(29)39-30-15-8-18-34-38(30)41(37)32-16-5-6-17-33(32)42-34/h1-2,4-10,12-21,26,36,40H,3,11H2. The van der Waals surface area contributed by atoms with Crippen LogP contribution in [0.15, 0.2) is 109 Å². The molecule has 1 radical (unpaired) electrons. The summed E-state index contributed by atoms with van der Waals surface area (Å²) in [5.41, 5.74) is 14.0. The normalized spacial score (nSPS) is 19.7. The van der Waals surface area contributed by atoms with Crippen LogP contribution >= 0.6 is 0 Å². The first-order valence-electron chi connectivity index (χ1n) is 14.9. The molecule has 10 rings (SSSR count). The predicted molar refractivity (Wildman–Crippen MR) is 175 cm³/mol. The van der Waals surface area contributed by atoms with E-state index >= 15 is 0 Å². The molecule has 0 saturated carbocycles. The Bertz CT molecular complexity index is 2100. The van der Waals surface area contributed by atoms with E-state index in [4.69, 9.17) is 4.74 Å². The first-order chi connectivity index (χ1) is 20.8. The Morgan fingerprint density at radius 3 is 2.67 bits per heavy atom. The van der Waals surface area contributed by atoms with Gasteiger partial charge in [0.05, 0.1) is 17.4 Å². The Morgan fingerprint density at radius 1 is 0.857 bits per heavy atom. The van der Waals surface area contributed by atoms with Crippen molar-refractivity contribution in [3.8, 4) is 11.5 Å². The Kier molecular flexibility index (Phi) is 4.48. The van der Waals surface area contributed by atoms with Crippen molar-refractivity contribution in [3.05, 3.63) is 131 Å². The van der Waals surface area contributed by atoms with Gasteiger partial charge in [-0.25, -0.2) is 0 Å². The molecule has 2 aliphatic carbocycles. The third-order valence-corrected chi connectivity index (χ3v) is 9.62. The van der Waals surface area contributed by atoms with Crippen LogP contribution in [0.3, 0.4) is 0 Å². The first kappa shape index (κ1) is 22.7. The van der Waals surface area contributed by atoms with Crippen molar-refractivity contribution >= 4 is 63.4 Å². The molecule has 0 aromatic heterocycles. The number of aryl methyl sites for hydroxylation is 1. The number of nitrogens with zero attached hydrogens (tertiary/aromatic N) is 1. The second kappa shape index (κ2) is 8.30. The third kappa shape index (κ3) is 3.02. The fourth-order valence-electron chi connectivity index (χ4n) is 7.77. The SMILES string of the molecule is [B]1c2cccc3c2N(c2ccccc2O3)c2c1c(C1=CC=CC3c4cc5ccccc5cc4NC13)cc1c2C=CCC1. The Balaban J connectivity index is 1.20. The summed E-state index contributed by atoms with van der Waals surface area (Å²) in [4.78, 5) is 2.47. The zero-order chi connectivity index (χ0) is 27.4. The second-order valence-electron chi connectivity index (χ2n) is 11.9. The van der Waals surface area contributed by atoms with Crippen LogP contribution in [-0.4, -0.2) is 13.3 Å². The van der Waals surface area contributed by atoms with E-state index in [0.29, 0.717) is 5.92 Å². The summed E-state index contributed by atoms with van der Waals surface area (Å²) in [6.07, 6.45) is 13.8. The number of nitrogens with one attached hydrogen (secondary N) is 1. The van der Waals surface area contributed by atoms with Gasteiger partial charge in [0.25, 0.3) is 0 Å². The van der Waals surface area contributed by atoms with E-state index in [-0.39, 0.29) is 6.04 Å². The fourth-order valence-corrected chi connectivity index (χ4v) is 7.77. The molecule has 5 aromatic carbocycles. The Labute approximate surface area is 245 Å². The smallest absolute Gasteiger partial charge is 0.198 e. The molecule has 4 heteroatoms. The van der Waals surface area contributed by atoms with Crippen LogP contribution in [0.2, 0.25) is 0 Å². The van der Waals surface area contributed by atoms with Gasteiger partial charge < -0.3 is 15.0 Å². The molecule has 0 fully saturated rings. The van der Waals surface area contributed by atoms with E-state index in [9.17, 15) is 0 Å². The number of para-hydroxylation sites is 3. The summed E-state index contributed by atoms with van der Waals surface area (Å²) in [6, 6.07) is 30.9. The van der Waals surface area contributed by atoms with Crippen LogP contribution in [0.25, 0.3) is 22.4 Å². The molecule has 0 spiro atoms. The lowest BCUT2D eigenvalue weighted by atomic mass is 9.56. The van der Waals surface area contributed by atoms with Crippen molar-refractivity contribution in [2.45, 2.75) is 24.8 Å². The molecule has 3 heterocycles. The molecule has 0 saturated heterocycles. The largest absolute Gasteiger partial charge is 0.453 e. The number of rotatable bonds is 1. The number of fused-ring (bicyclic) bond motifs is 10. The number of ether oxygens (including phenoxy) is 1. The van der Waals surface area contributed by atoms with Crippen molar-refractivity contribution in [2.24, 2.45) is 0 Å². The highest BCUT2D eigenvalue weighted by Crippen LogP contribution is 2.53. The molecule has 5 aromatic rings. The van der Waals surface area contributed by atoms with E-state index in [1.807, 2.05) is 0 Å². The molecule has 0 amide bonds. The first-order valence-corrected chi connectivity index (χ1v) is 14.9. The van der Waals surface area contributed by atoms with Crippen molar-refractivity contribution in [2.75, 3.05) is 10.2 Å². The van der Waals surface area contributed by atoms with Gasteiger partial charge in [-0.1, -0.05) is 90.4 Å². The van der Waals surface area contributed by atoms with E-state index < -0.39 is 0 Å². The zero-order valence-corrected chi connectivity index (χ0v) is 23.0. The predicted octanol–water partition coefficient (Wildman–Crippen LogP) is 7.87. The minimum absolute atomic E-state index is 0.182. The van der Waals surface area contributed by atoms with Crippen molar-refractivity contribution < 1.29 is 4.74 Å². The molecule has 0 bridgehead atoms. The number of hydrogen-bond donors (Lipinski definition) is 1. The van der Waals surface area contributed by atoms with Gasteiger partial charge in [-0.3, -0.25) is 0 Å². The lowest BCUT2D eigenvalue weighted by Gasteiger charge is -2.41. The van der Waals surface area contributed by atoms with Gasteiger partial charge in [-0.05, 0) is 81.7 Å². The van der Waals surface area contributed by atoms with E-state index in [1.54, 1.807) is 0 Å². The van der Waals surface area contributed by atoms with Crippen molar-refractivity contribution in [3.63, 3.8) is 0 Å². The molecular formula is C38H26BN2O. The van der Waals surface area contributed by atoms with Crippen LogP contribution in [0.4, 0.5) is 22.7 Å². The summed E-state index contributed by atoms with van der Waals surface area (Å²) >= 11 is 0. The molecule has 3 nitrogen and oxygen atoms in total. The van der Waals surface area contributed by atoms with Gasteiger partial charge in [-0.15, -0.1) is 0 Å². The molecule has 197 valence electrons. The second-order valence-corrected chi connectivity index (χ2v) is 11.9. The highest BCUT2D eigenvalue weighted by Gasteiger charge is 2.40. The lowest BCUT2D eigenvalue weighted by molar-refractivity contribution is 0.477. The topological polar surface area (TPSA) is 24.5 Å². The molecular weight excluding hydrogens is 511 g/mol. The Morgan fingerprint density at radius 2 is 1.71 bits per heavy atom. The van der Waals surface area contributed by atoms with Gasteiger partial charge in [0.15, 0.2) is 18.8 Å².